The third kappa shape index (κ3) is 10.2. The third-order valence-corrected chi connectivity index (χ3v) is 7.78. The molecule has 0 aromatic heterocycles. The minimum absolute atomic E-state index is 0.149. The van der Waals surface area contributed by atoms with Crippen LogP contribution in [0.4, 0.5) is 0 Å². The largest absolute Gasteiger partial charge is 0.504 e. The molecule has 0 heterocycles. The van der Waals surface area contributed by atoms with Crippen LogP contribution in [0.15, 0.2) is 0 Å². The van der Waals surface area contributed by atoms with E-state index in [1.807, 2.05) is 0 Å². The maximum Gasteiger partial charge on any atom is 0.504 e. The molecule has 0 radical (unpaired) electrons. The second kappa shape index (κ2) is 14.5. The van der Waals surface area contributed by atoms with Crippen LogP contribution in [0.2, 0.25) is 5.54 Å². The standard InChI is InChI=1S/C16H32O7SSi/c1-6-7-11-24-13-23-16(18)12-15(9-8-10-22-14(2)17)25(19-3,20-4)21-5/h15H,6-13H2,1-5H3. The van der Waals surface area contributed by atoms with Gasteiger partial charge in [0.2, 0.25) is 0 Å². The Labute approximate surface area is 156 Å². The van der Waals surface area contributed by atoms with E-state index in [0.717, 1.165) is 18.6 Å². The maximum absolute atomic E-state index is 12.2. The van der Waals surface area contributed by atoms with Crippen molar-refractivity contribution in [3.05, 3.63) is 0 Å². The highest BCUT2D eigenvalue weighted by molar-refractivity contribution is 7.99. The van der Waals surface area contributed by atoms with Crippen molar-refractivity contribution in [3.63, 3.8) is 0 Å². The van der Waals surface area contributed by atoms with Gasteiger partial charge in [-0.25, -0.2) is 0 Å². The molecule has 0 aromatic carbocycles. The van der Waals surface area contributed by atoms with Gasteiger partial charge in [-0.3, -0.25) is 9.59 Å². The van der Waals surface area contributed by atoms with Crippen LogP contribution in [0.25, 0.3) is 0 Å². The quantitative estimate of drug-likeness (QED) is 0.181. The fourth-order valence-corrected chi connectivity index (χ4v) is 5.67. The third-order valence-electron chi connectivity index (χ3n) is 3.71. The van der Waals surface area contributed by atoms with E-state index in [2.05, 4.69) is 6.92 Å². The van der Waals surface area contributed by atoms with E-state index >= 15 is 0 Å². The van der Waals surface area contributed by atoms with Crippen molar-refractivity contribution in [1.82, 2.24) is 0 Å². The zero-order valence-corrected chi connectivity index (χ0v) is 17.8. The average molecular weight is 397 g/mol. The van der Waals surface area contributed by atoms with E-state index in [9.17, 15) is 9.59 Å². The van der Waals surface area contributed by atoms with Gasteiger partial charge in [-0.15, -0.1) is 11.8 Å². The first kappa shape index (κ1) is 24.4. The number of hydrogen-bond donors (Lipinski definition) is 0. The average Bonchev–Trinajstić information content (AvgIpc) is 2.60. The molecule has 148 valence electrons. The summed E-state index contributed by atoms with van der Waals surface area (Å²) in [4.78, 5) is 23.0. The minimum atomic E-state index is -3.00. The summed E-state index contributed by atoms with van der Waals surface area (Å²) < 4.78 is 26.8. The SMILES string of the molecule is CCCCSCOC(=O)CC(CCCOC(C)=O)[Si](OC)(OC)OC. The van der Waals surface area contributed by atoms with Crippen LogP contribution in [0, 0.1) is 0 Å². The second-order valence-electron chi connectivity index (χ2n) is 5.50. The molecule has 9 heteroatoms. The first-order chi connectivity index (χ1) is 12.0. The van der Waals surface area contributed by atoms with E-state index in [1.165, 1.54) is 28.3 Å². The summed E-state index contributed by atoms with van der Waals surface area (Å²) in [5.41, 5.74) is -0.254. The van der Waals surface area contributed by atoms with Crippen LogP contribution in [0.5, 0.6) is 0 Å². The summed E-state index contributed by atoms with van der Waals surface area (Å²) >= 11 is 1.60. The number of carbonyl (C=O) groups is 2. The molecular formula is C16H32O7SSi. The lowest BCUT2D eigenvalue weighted by Gasteiger charge is -2.32. The Balaban J connectivity index is 4.60. The highest BCUT2D eigenvalue weighted by Crippen LogP contribution is 2.32. The van der Waals surface area contributed by atoms with Crippen molar-refractivity contribution in [1.29, 1.82) is 0 Å². The first-order valence-electron chi connectivity index (χ1n) is 8.47. The molecule has 0 rings (SSSR count). The Morgan fingerprint density at radius 2 is 1.68 bits per heavy atom. The molecule has 1 unspecified atom stereocenters. The van der Waals surface area contributed by atoms with Crippen LogP contribution in [-0.4, -0.2) is 60.4 Å². The molecule has 0 aliphatic carbocycles. The predicted octanol–water partition coefficient (Wildman–Crippen LogP) is 3.00. The van der Waals surface area contributed by atoms with E-state index in [0.29, 0.717) is 18.8 Å². The number of ether oxygens (including phenoxy) is 2. The van der Waals surface area contributed by atoms with Crippen molar-refractivity contribution < 1.29 is 32.3 Å². The molecule has 0 fully saturated rings. The lowest BCUT2D eigenvalue weighted by Crippen LogP contribution is -2.48. The Morgan fingerprint density at radius 1 is 1.04 bits per heavy atom. The monoisotopic (exact) mass is 396 g/mol. The number of hydrogen-bond acceptors (Lipinski definition) is 8. The highest BCUT2D eigenvalue weighted by Gasteiger charge is 2.48. The fraction of sp³-hybridized carbons (Fsp3) is 0.875. The van der Waals surface area contributed by atoms with Gasteiger partial charge in [-0.2, -0.15) is 0 Å². The van der Waals surface area contributed by atoms with Gasteiger partial charge in [-0.05, 0) is 25.0 Å². The van der Waals surface area contributed by atoms with Gasteiger partial charge in [0, 0.05) is 33.8 Å². The minimum Gasteiger partial charge on any atom is -0.466 e. The molecule has 0 saturated carbocycles. The molecule has 0 aromatic rings. The maximum atomic E-state index is 12.2. The van der Waals surface area contributed by atoms with Gasteiger partial charge in [0.1, 0.15) is 5.94 Å². The number of carbonyl (C=O) groups excluding carboxylic acids is 2. The lowest BCUT2D eigenvalue weighted by atomic mass is 10.2. The van der Waals surface area contributed by atoms with Crippen LogP contribution in [0.3, 0.4) is 0 Å². The lowest BCUT2D eigenvalue weighted by molar-refractivity contribution is -0.143. The van der Waals surface area contributed by atoms with Crippen molar-refractivity contribution in [2.24, 2.45) is 0 Å². The Kier molecular flexibility index (Phi) is 14.2. The van der Waals surface area contributed by atoms with Crippen molar-refractivity contribution in [2.75, 3.05) is 39.6 Å². The highest BCUT2D eigenvalue weighted by atomic mass is 32.2. The molecule has 0 aliphatic heterocycles. The second-order valence-corrected chi connectivity index (χ2v) is 9.80. The topological polar surface area (TPSA) is 80.3 Å². The molecule has 0 aliphatic rings. The molecule has 1 atom stereocenters. The van der Waals surface area contributed by atoms with Gasteiger partial charge in [0.25, 0.3) is 0 Å². The van der Waals surface area contributed by atoms with Gasteiger partial charge in [0.15, 0.2) is 0 Å². The molecule has 0 N–H and O–H groups in total. The molecule has 0 amide bonds. The molecular weight excluding hydrogens is 364 g/mol. The first-order valence-corrected chi connectivity index (χ1v) is 11.4. The summed E-state index contributed by atoms with van der Waals surface area (Å²) in [5.74, 6) is 0.696. The Morgan fingerprint density at radius 3 is 2.20 bits per heavy atom. The van der Waals surface area contributed by atoms with Crippen LogP contribution in [-0.2, 0) is 32.3 Å². The van der Waals surface area contributed by atoms with E-state index < -0.39 is 8.80 Å². The smallest absolute Gasteiger partial charge is 0.466 e. The number of esters is 2. The van der Waals surface area contributed by atoms with Crippen molar-refractivity contribution in [3.8, 4) is 0 Å². The fourth-order valence-electron chi connectivity index (χ4n) is 2.37. The Hall–Kier alpha value is -0.613. The summed E-state index contributed by atoms with van der Waals surface area (Å²) in [7, 11) is 1.56. The zero-order chi connectivity index (χ0) is 19.1. The number of unbranched alkanes of at least 4 members (excludes halogenated alkanes) is 1. The molecule has 7 nitrogen and oxygen atoms in total. The molecule has 0 saturated heterocycles. The summed E-state index contributed by atoms with van der Waals surface area (Å²) in [5, 5.41) is 0. The summed E-state index contributed by atoms with van der Waals surface area (Å²) in [6.07, 6.45) is 3.54. The van der Waals surface area contributed by atoms with Crippen molar-refractivity contribution >= 4 is 32.5 Å². The van der Waals surface area contributed by atoms with Gasteiger partial charge in [-0.1, -0.05) is 13.3 Å². The molecule has 0 spiro atoms. The van der Waals surface area contributed by atoms with Gasteiger partial charge < -0.3 is 22.8 Å². The molecule has 0 bridgehead atoms. The van der Waals surface area contributed by atoms with E-state index in [-0.39, 0.29) is 30.5 Å². The number of thioether (sulfide) groups is 1. The van der Waals surface area contributed by atoms with Crippen LogP contribution >= 0.6 is 11.8 Å². The van der Waals surface area contributed by atoms with Gasteiger partial charge >= 0.3 is 20.7 Å². The van der Waals surface area contributed by atoms with E-state index in [4.69, 9.17) is 22.8 Å². The van der Waals surface area contributed by atoms with Crippen molar-refractivity contribution in [2.45, 2.75) is 51.5 Å². The number of rotatable bonds is 15. The normalized spacial score (nSPS) is 12.7. The summed E-state index contributed by atoms with van der Waals surface area (Å²) in [6, 6.07) is 0. The van der Waals surface area contributed by atoms with Crippen LogP contribution in [0.1, 0.15) is 46.0 Å². The van der Waals surface area contributed by atoms with E-state index in [1.54, 1.807) is 11.8 Å². The Bertz CT molecular complexity index is 369. The molecule has 25 heavy (non-hydrogen) atoms. The zero-order valence-electron chi connectivity index (χ0n) is 16.0. The predicted molar refractivity (Wildman–Crippen MR) is 99.3 cm³/mol. The summed E-state index contributed by atoms with van der Waals surface area (Å²) in [6.45, 7) is 3.77. The van der Waals surface area contributed by atoms with Crippen LogP contribution < -0.4 is 0 Å². The van der Waals surface area contributed by atoms with Gasteiger partial charge in [0.05, 0.1) is 13.0 Å².